The lowest BCUT2D eigenvalue weighted by Crippen LogP contribution is -2.40. The van der Waals surface area contributed by atoms with Gasteiger partial charge in [0, 0.05) is 18.7 Å². The molecule has 3 rings (SSSR count). The summed E-state index contributed by atoms with van der Waals surface area (Å²) in [6.45, 7) is 3.14. The van der Waals surface area contributed by atoms with Crippen LogP contribution in [0.1, 0.15) is 17.3 Å². The summed E-state index contributed by atoms with van der Waals surface area (Å²) in [5.41, 5.74) is 0.172. The zero-order chi connectivity index (χ0) is 19.4. The molecule has 1 amide bonds. The summed E-state index contributed by atoms with van der Waals surface area (Å²) in [5, 5.41) is 10.9. The van der Waals surface area contributed by atoms with Crippen molar-refractivity contribution in [1.29, 1.82) is 0 Å². The number of carbonyl (C=O) groups is 1. The van der Waals surface area contributed by atoms with Crippen molar-refractivity contribution in [2.75, 3.05) is 37.4 Å². The van der Waals surface area contributed by atoms with E-state index in [0.29, 0.717) is 18.3 Å². The Morgan fingerprint density at radius 1 is 1.37 bits per heavy atom. The molecule has 2 heterocycles. The van der Waals surface area contributed by atoms with E-state index in [-0.39, 0.29) is 28.6 Å². The minimum Gasteiger partial charge on any atom is -0.379 e. The number of thioether (sulfide) groups is 1. The number of morpholine rings is 1. The Morgan fingerprint density at radius 2 is 2.11 bits per heavy atom. The number of aromatic nitrogens is 2. The summed E-state index contributed by atoms with van der Waals surface area (Å²) < 4.78 is 32.9. The second kappa shape index (κ2) is 8.84. The number of benzene rings is 1. The summed E-state index contributed by atoms with van der Waals surface area (Å²) >= 11 is 8.89. The van der Waals surface area contributed by atoms with E-state index in [2.05, 4.69) is 15.5 Å². The quantitative estimate of drug-likeness (QED) is 0.535. The highest BCUT2D eigenvalue weighted by molar-refractivity contribution is 8.01. The first kappa shape index (κ1) is 20.5. The summed E-state index contributed by atoms with van der Waals surface area (Å²) in [5.74, 6) is 0.372. The number of sulfonamides is 1. The van der Waals surface area contributed by atoms with E-state index in [1.807, 2.05) is 6.92 Å². The normalized spacial score (nSPS) is 15.6. The Labute approximate surface area is 170 Å². The highest BCUT2D eigenvalue weighted by atomic mass is 35.5. The lowest BCUT2D eigenvalue weighted by molar-refractivity contribution is 0.0730. The minimum atomic E-state index is -3.81. The maximum absolute atomic E-state index is 12.8. The van der Waals surface area contributed by atoms with E-state index < -0.39 is 15.9 Å². The molecule has 1 aliphatic heterocycles. The fourth-order valence-corrected chi connectivity index (χ4v) is 5.93. The number of halogens is 1. The number of ether oxygens (including phenoxy) is 1. The first-order valence-corrected chi connectivity index (χ1v) is 11.7. The Kier molecular flexibility index (Phi) is 6.71. The number of hydrogen-bond acceptors (Lipinski definition) is 8. The van der Waals surface area contributed by atoms with E-state index in [9.17, 15) is 13.2 Å². The van der Waals surface area contributed by atoms with Crippen LogP contribution in [0.2, 0.25) is 5.02 Å². The highest BCUT2D eigenvalue weighted by Crippen LogP contribution is 2.28. The van der Waals surface area contributed by atoms with Crippen molar-refractivity contribution in [1.82, 2.24) is 14.5 Å². The molecule has 1 fully saturated rings. The lowest BCUT2D eigenvalue weighted by atomic mass is 10.2. The highest BCUT2D eigenvalue weighted by Gasteiger charge is 2.29. The minimum absolute atomic E-state index is 0.0654. The summed E-state index contributed by atoms with van der Waals surface area (Å²) in [7, 11) is -3.81. The van der Waals surface area contributed by atoms with Gasteiger partial charge in [-0.05, 0) is 24.0 Å². The molecule has 1 saturated heterocycles. The second-order valence-corrected chi connectivity index (χ2v) is 10.2. The van der Waals surface area contributed by atoms with E-state index in [1.54, 1.807) is 0 Å². The third-order valence-electron chi connectivity index (χ3n) is 3.68. The molecule has 0 atom stereocenters. The molecule has 0 unspecified atom stereocenters. The van der Waals surface area contributed by atoms with E-state index in [1.165, 1.54) is 45.6 Å². The van der Waals surface area contributed by atoms with Crippen LogP contribution < -0.4 is 5.32 Å². The monoisotopic (exact) mass is 448 g/mol. The van der Waals surface area contributed by atoms with Gasteiger partial charge in [-0.2, -0.15) is 4.31 Å². The Balaban J connectivity index is 1.82. The smallest absolute Gasteiger partial charge is 0.257 e. The molecule has 146 valence electrons. The van der Waals surface area contributed by atoms with Gasteiger partial charge < -0.3 is 4.74 Å². The van der Waals surface area contributed by atoms with Gasteiger partial charge >= 0.3 is 0 Å². The zero-order valence-corrected chi connectivity index (χ0v) is 17.6. The zero-order valence-electron chi connectivity index (χ0n) is 14.3. The van der Waals surface area contributed by atoms with Crippen LogP contribution in [0, 0.1) is 0 Å². The molecule has 0 spiro atoms. The summed E-state index contributed by atoms with van der Waals surface area (Å²) in [6, 6.07) is 4.16. The van der Waals surface area contributed by atoms with Crippen molar-refractivity contribution in [3.8, 4) is 0 Å². The van der Waals surface area contributed by atoms with Crippen LogP contribution >= 0.6 is 34.7 Å². The molecule has 0 aliphatic carbocycles. The number of carbonyl (C=O) groups excluding carboxylic acids is 1. The maximum atomic E-state index is 12.8. The van der Waals surface area contributed by atoms with Crippen molar-refractivity contribution in [3.05, 3.63) is 28.8 Å². The number of anilines is 1. The van der Waals surface area contributed by atoms with Crippen LogP contribution in [0.3, 0.4) is 0 Å². The average Bonchev–Trinajstić information content (AvgIpc) is 3.10. The topological polar surface area (TPSA) is 101 Å². The van der Waals surface area contributed by atoms with Crippen molar-refractivity contribution >= 4 is 55.8 Å². The molecular weight excluding hydrogens is 432 g/mol. The Hall–Kier alpha value is -1.24. The number of amides is 1. The van der Waals surface area contributed by atoms with Crippen LogP contribution in [-0.2, 0) is 14.8 Å². The van der Waals surface area contributed by atoms with Crippen LogP contribution in [0.5, 0.6) is 0 Å². The molecule has 1 aliphatic rings. The van der Waals surface area contributed by atoms with Crippen molar-refractivity contribution < 1.29 is 17.9 Å². The fraction of sp³-hybridized carbons (Fsp3) is 0.400. The molecule has 8 nitrogen and oxygen atoms in total. The van der Waals surface area contributed by atoms with Crippen LogP contribution in [0.4, 0.5) is 5.13 Å². The lowest BCUT2D eigenvalue weighted by Gasteiger charge is -2.26. The number of hydrogen-bond donors (Lipinski definition) is 1. The fourth-order valence-electron chi connectivity index (χ4n) is 2.38. The predicted molar refractivity (Wildman–Crippen MR) is 105 cm³/mol. The molecule has 1 aromatic heterocycles. The maximum Gasteiger partial charge on any atom is 0.257 e. The van der Waals surface area contributed by atoms with Crippen LogP contribution in [0.25, 0.3) is 0 Å². The van der Waals surface area contributed by atoms with Gasteiger partial charge in [-0.25, -0.2) is 8.42 Å². The molecule has 1 aromatic carbocycles. The largest absolute Gasteiger partial charge is 0.379 e. The third kappa shape index (κ3) is 4.79. The number of nitrogens with zero attached hydrogens (tertiary/aromatic N) is 3. The molecular formula is C15H17ClN4O4S3. The molecule has 0 radical (unpaired) electrons. The van der Waals surface area contributed by atoms with E-state index in [0.717, 1.165) is 10.1 Å². The third-order valence-corrected chi connectivity index (χ3v) is 7.91. The SMILES string of the molecule is CCSc1nnc(NC(=O)c2ccc(Cl)c(S(=O)(=O)N3CCOCC3)c2)s1. The van der Waals surface area contributed by atoms with Gasteiger partial charge in [0.1, 0.15) is 4.90 Å². The van der Waals surface area contributed by atoms with Crippen molar-refractivity contribution in [2.45, 2.75) is 16.2 Å². The number of rotatable bonds is 6. The molecule has 0 bridgehead atoms. The van der Waals surface area contributed by atoms with E-state index >= 15 is 0 Å². The predicted octanol–water partition coefficient (Wildman–Crippen LogP) is 2.58. The molecule has 2 aromatic rings. The summed E-state index contributed by atoms with van der Waals surface area (Å²) in [4.78, 5) is 12.4. The van der Waals surface area contributed by atoms with Crippen molar-refractivity contribution in [2.24, 2.45) is 0 Å². The Morgan fingerprint density at radius 3 is 2.81 bits per heavy atom. The molecule has 12 heteroatoms. The standard InChI is InChI=1S/C15H17ClN4O4S3/c1-2-25-15-19-18-14(26-15)17-13(21)10-3-4-11(16)12(9-10)27(22,23)20-5-7-24-8-6-20/h3-4,9H,2,5-8H2,1H3,(H,17,18,21). The first-order valence-electron chi connectivity index (χ1n) is 8.07. The summed E-state index contributed by atoms with van der Waals surface area (Å²) in [6.07, 6.45) is 0. The van der Waals surface area contributed by atoms with Gasteiger partial charge in [-0.1, -0.05) is 41.6 Å². The van der Waals surface area contributed by atoms with Crippen molar-refractivity contribution in [3.63, 3.8) is 0 Å². The number of nitrogens with one attached hydrogen (secondary N) is 1. The average molecular weight is 449 g/mol. The van der Waals surface area contributed by atoms with Gasteiger partial charge in [0.05, 0.1) is 18.2 Å². The molecule has 1 N–H and O–H groups in total. The van der Waals surface area contributed by atoms with Crippen LogP contribution in [0.15, 0.2) is 27.4 Å². The van der Waals surface area contributed by atoms with Gasteiger partial charge in [-0.3, -0.25) is 10.1 Å². The first-order chi connectivity index (χ1) is 12.9. The van der Waals surface area contributed by atoms with Gasteiger partial charge in [-0.15, -0.1) is 10.2 Å². The van der Waals surface area contributed by atoms with Gasteiger partial charge in [0.15, 0.2) is 4.34 Å². The van der Waals surface area contributed by atoms with Crippen LogP contribution in [-0.4, -0.2) is 60.9 Å². The second-order valence-electron chi connectivity index (χ2n) is 5.42. The van der Waals surface area contributed by atoms with Gasteiger partial charge in [0.25, 0.3) is 5.91 Å². The van der Waals surface area contributed by atoms with E-state index in [4.69, 9.17) is 16.3 Å². The molecule has 27 heavy (non-hydrogen) atoms. The van der Waals surface area contributed by atoms with Gasteiger partial charge in [0.2, 0.25) is 15.2 Å². The Bertz CT molecular complexity index is 929. The molecule has 0 saturated carbocycles.